The summed E-state index contributed by atoms with van der Waals surface area (Å²) in [4.78, 5) is 16.5. The Labute approximate surface area is 116 Å². The van der Waals surface area contributed by atoms with Gasteiger partial charge in [0.05, 0.1) is 22.8 Å². The lowest BCUT2D eigenvalue weighted by molar-refractivity contribution is 0.0697. The molecule has 0 spiro atoms. The molecule has 0 aliphatic carbocycles. The van der Waals surface area contributed by atoms with Crippen LogP contribution in [0.25, 0.3) is 0 Å². The Morgan fingerprint density at radius 1 is 1.37 bits per heavy atom. The van der Waals surface area contributed by atoms with Crippen LogP contribution in [-0.2, 0) is 6.54 Å². The van der Waals surface area contributed by atoms with Gasteiger partial charge in [0.25, 0.3) is 0 Å². The molecule has 2 rings (SSSR count). The average molecular weight is 276 g/mol. The van der Waals surface area contributed by atoms with Crippen LogP contribution >= 0.6 is 11.3 Å². The van der Waals surface area contributed by atoms with Gasteiger partial charge < -0.3 is 10.4 Å². The molecule has 100 valence electrons. The van der Waals surface area contributed by atoms with Gasteiger partial charge in [0.1, 0.15) is 0 Å². The molecule has 0 atom stereocenters. The molecule has 0 saturated heterocycles. The van der Waals surface area contributed by atoms with Gasteiger partial charge in [-0.05, 0) is 44.5 Å². The number of aromatic nitrogens is 1. The molecule has 1 aromatic carbocycles. The molecular formula is C14H16N2O2S. The van der Waals surface area contributed by atoms with E-state index in [1.165, 1.54) is 4.88 Å². The molecule has 1 aromatic heterocycles. The molecule has 5 heteroatoms. The Kier molecular flexibility index (Phi) is 3.85. The van der Waals surface area contributed by atoms with Crippen molar-refractivity contribution in [3.63, 3.8) is 0 Å². The first kappa shape index (κ1) is 13.5. The molecule has 0 aliphatic rings. The summed E-state index contributed by atoms with van der Waals surface area (Å²) >= 11 is 1.68. The minimum absolute atomic E-state index is 0.313. The van der Waals surface area contributed by atoms with Crippen molar-refractivity contribution < 1.29 is 9.90 Å². The topological polar surface area (TPSA) is 62.2 Å². The Bertz CT molecular complexity index is 620. The van der Waals surface area contributed by atoms with E-state index in [9.17, 15) is 4.79 Å². The van der Waals surface area contributed by atoms with Crippen molar-refractivity contribution in [3.05, 3.63) is 44.9 Å². The van der Waals surface area contributed by atoms with Crippen molar-refractivity contribution in [1.29, 1.82) is 0 Å². The van der Waals surface area contributed by atoms with E-state index in [4.69, 9.17) is 5.11 Å². The van der Waals surface area contributed by atoms with Gasteiger partial charge in [0.15, 0.2) is 0 Å². The van der Waals surface area contributed by atoms with Crippen molar-refractivity contribution in [2.24, 2.45) is 0 Å². The Morgan fingerprint density at radius 3 is 2.63 bits per heavy atom. The highest BCUT2D eigenvalue weighted by Crippen LogP contribution is 2.21. The van der Waals surface area contributed by atoms with Crippen molar-refractivity contribution in [3.8, 4) is 0 Å². The SMILES string of the molecule is Cc1nc(C)c(CNc2ccc(C(=O)O)cc2C)s1. The van der Waals surface area contributed by atoms with Gasteiger partial charge in [-0.25, -0.2) is 9.78 Å². The first-order chi connectivity index (χ1) is 8.97. The van der Waals surface area contributed by atoms with Gasteiger partial charge in [-0.1, -0.05) is 0 Å². The second kappa shape index (κ2) is 5.40. The van der Waals surface area contributed by atoms with Gasteiger partial charge in [0.2, 0.25) is 0 Å². The second-order valence-electron chi connectivity index (χ2n) is 4.43. The highest BCUT2D eigenvalue weighted by molar-refractivity contribution is 7.11. The Hall–Kier alpha value is -1.88. The summed E-state index contributed by atoms with van der Waals surface area (Å²) in [6, 6.07) is 5.10. The molecule has 19 heavy (non-hydrogen) atoms. The molecule has 0 bridgehead atoms. The minimum Gasteiger partial charge on any atom is -0.478 e. The number of aryl methyl sites for hydroxylation is 3. The molecule has 2 N–H and O–H groups in total. The Balaban J connectivity index is 2.12. The molecule has 0 aliphatic heterocycles. The lowest BCUT2D eigenvalue weighted by Crippen LogP contribution is -2.03. The summed E-state index contributed by atoms with van der Waals surface area (Å²) in [5.74, 6) is -0.899. The molecule has 2 aromatic rings. The van der Waals surface area contributed by atoms with Crippen LogP contribution in [0.3, 0.4) is 0 Å². The molecule has 4 nitrogen and oxygen atoms in total. The van der Waals surface area contributed by atoms with E-state index < -0.39 is 5.97 Å². The van der Waals surface area contributed by atoms with Gasteiger partial charge >= 0.3 is 5.97 Å². The van der Waals surface area contributed by atoms with Crippen LogP contribution in [0.4, 0.5) is 5.69 Å². The van der Waals surface area contributed by atoms with Crippen LogP contribution in [-0.4, -0.2) is 16.1 Å². The fourth-order valence-electron chi connectivity index (χ4n) is 1.91. The number of nitrogens with zero attached hydrogens (tertiary/aromatic N) is 1. The van der Waals surface area contributed by atoms with Gasteiger partial charge in [0, 0.05) is 10.6 Å². The van der Waals surface area contributed by atoms with Crippen LogP contribution in [0, 0.1) is 20.8 Å². The monoisotopic (exact) mass is 276 g/mol. The highest BCUT2D eigenvalue weighted by atomic mass is 32.1. The van der Waals surface area contributed by atoms with Crippen LogP contribution in [0.1, 0.15) is 31.5 Å². The highest BCUT2D eigenvalue weighted by Gasteiger charge is 2.07. The molecule has 0 radical (unpaired) electrons. The predicted octanol–water partition coefficient (Wildman–Crippen LogP) is 3.38. The standard InChI is InChI=1S/C14H16N2O2S/c1-8-6-11(14(17)18)4-5-12(8)15-7-13-9(2)16-10(3)19-13/h4-6,15H,7H2,1-3H3,(H,17,18). The fourth-order valence-corrected chi connectivity index (χ4v) is 2.78. The summed E-state index contributed by atoms with van der Waals surface area (Å²) < 4.78 is 0. The zero-order valence-corrected chi connectivity index (χ0v) is 12.0. The zero-order valence-electron chi connectivity index (χ0n) is 11.2. The fraction of sp³-hybridized carbons (Fsp3) is 0.286. The number of benzene rings is 1. The third kappa shape index (κ3) is 3.12. The molecule has 0 saturated carbocycles. The van der Waals surface area contributed by atoms with Crippen molar-refractivity contribution >= 4 is 23.0 Å². The van der Waals surface area contributed by atoms with Crippen LogP contribution < -0.4 is 5.32 Å². The van der Waals surface area contributed by atoms with E-state index in [1.54, 1.807) is 23.5 Å². The van der Waals surface area contributed by atoms with Crippen molar-refractivity contribution in [2.75, 3.05) is 5.32 Å². The van der Waals surface area contributed by atoms with Crippen LogP contribution in [0.15, 0.2) is 18.2 Å². The van der Waals surface area contributed by atoms with Crippen LogP contribution in [0.2, 0.25) is 0 Å². The first-order valence-corrected chi connectivity index (χ1v) is 6.79. The van der Waals surface area contributed by atoms with E-state index in [1.807, 2.05) is 26.8 Å². The summed E-state index contributed by atoms with van der Waals surface area (Å²) in [7, 11) is 0. The zero-order chi connectivity index (χ0) is 14.0. The van der Waals surface area contributed by atoms with Gasteiger partial charge in [-0.2, -0.15) is 0 Å². The molecule has 1 heterocycles. The first-order valence-electron chi connectivity index (χ1n) is 5.98. The van der Waals surface area contributed by atoms with E-state index in [0.29, 0.717) is 12.1 Å². The third-order valence-corrected chi connectivity index (χ3v) is 3.99. The average Bonchev–Trinajstić information content (AvgIpc) is 2.66. The van der Waals surface area contributed by atoms with E-state index in [-0.39, 0.29) is 0 Å². The number of aromatic carboxylic acids is 1. The molecule has 0 fully saturated rings. The van der Waals surface area contributed by atoms with E-state index in [0.717, 1.165) is 22.0 Å². The summed E-state index contributed by atoms with van der Waals surface area (Å²) in [5.41, 5.74) is 3.25. The molecule has 0 amide bonds. The maximum absolute atomic E-state index is 10.9. The summed E-state index contributed by atoms with van der Waals surface area (Å²) in [6.07, 6.45) is 0. The number of anilines is 1. The number of nitrogens with one attached hydrogen (secondary N) is 1. The number of carboxylic acids is 1. The maximum Gasteiger partial charge on any atom is 0.335 e. The number of thiazole rings is 1. The quantitative estimate of drug-likeness (QED) is 0.898. The largest absolute Gasteiger partial charge is 0.478 e. The maximum atomic E-state index is 10.9. The Morgan fingerprint density at radius 2 is 2.11 bits per heavy atom. The van der Waals surface area contributed by atoms with Crippen molar-refractivity contribution in [1.82, 2.24) is 4.98 Å². The lowest BCUT2D eigenvalue weighted by Gasteiger charge is -2.09. The number of hydrogen-bond acceptors (Lipinski definition) is 4. The lowest BCUT2D eigenvalue weighted by atomic mass is 10.1. The summed E-state index contributed by atoms with van der Waals surface area (Å²) in [6.45, 7) is 6.61. The molecular weight excluding hydrogens is 260 g/mol. The van der Waals surface area contributed by atoms with Gasteiger partial charge in [-0.15, -0.1) is 11.3 Å². The van der Waals surface area contributed by atoms with Crippen molar-refractivity contribution in [2.45, 2.75) is 27.3 Å². The normalized spacial score (nSPS) is 10.5. The smallest absolute Gasteiger partial charge is 0.335 e. The minimum atomic E-state index is -0.899. The van der Waals surface area contributed by atoms with Crippen LogP contribution in [0.5, 0.6) is 0 Å². The second-order valence-corrected chi connectivity index (χ2v) is 5.72. The number of hydrogen-bond donors (Lipinski definition) is 2. The van der Waals surface area contributed by atoms with E-state index in [2.05, 4.69) is 10.3 Å². The molecule has 0 unspecified atom stereocenters. The summed E-state index contributed by atoms with van der Waals surface area (Å²) in [5, 5.41) is 13.3. The predicted molar refractivity (Wildman–Crippen MR) is 77.1 cm³/mol. The van der Waals surface area contributed by atoms with E-state index >= 15 is 0 Å². The number of carboxylic acid groups (broad SMARTS) is 1. The number of carbonyl (C=O) groups is 1. The number of rotatable bonds is 4. The van der Waals surface area contributed by atoms with Gasteiger partial charge in [-0.3, -0.25) is 0 Å². The third-order valence-electron chi connectivity index (χ3n) is 2.91.